The van der Waals surface area contributed by atoms with Crippen LogP contribution >= 0.6 is 11.8 Å². The summed E-state index contributed by atoms with van der Waals surface area (Å²) in [6.45, 7) is 1.82. The number of nitriles is 1. The minimum absolute atomic E-state index is 0.321. The lowest BCUT2D eigenvalue weighted by molar-refractivity contribution is 0.0818. The monoisotopic (exact) mass is 518 g/mol. The van der Waals surface area contributed by atoms with Crippen molar-refractivity contribution in [3.63, 3.8) is 0 Å². The Labute approximate surface area is 225 Å². The molecule has 2 aromatic heterocycles. The summed E-state index contributed by atoms with van der Waals surface area (Å²) < 4.78 is 5.53. The number of piperidine rings is 1. The summed E-state index contributed by atoms with van der Waals surface area (Å²) in [5.41, 5.74) is 2.38. The Morgan fingerprint density at radius 3 is 2.50 bits per heavy atom. The van der Waals surface area contributed by atoms with Crippen molar-refractivity contribution in [2.75, 3.05) is 30.4 Å². The molecule has 1 fully saturated rings. The summed E-state index contributed by atoms with van der Waals surface area (Å²) in [5, 5.41) is 25.0. The van der Waals surface area contributed by atoms with Gasteiger partial charge in [0.05, 0.1) is 23.3 Å². The predicted octanol–water partition coefficient (Wildman–Crippen LogP) is 6.56. The number of ether oxygens (including phenoxy) is 1. The van der Waals surface area contributed by atoms with Crippen LogP contribution in [-0.4, -0.2) is 41.5 Å². The first-order chi connectivity index (χ1) is 18.7. The zero-order chi connectivity index (χ0) is 25.9. The Balaban J connectivity index is 1.22. The Bertz CT molecular complexity index is 1640. The van der Waals surface area contributed by atoms with E-state index in [1.165, 1.54) is 0 Å². The Kier molecular flexibility index (Phi) is 6.78. The van der Waals surface area contributed by atoms with Gasteiger partial charge in [0.1, 0.15) is 0 Å². The van der Waals surface area contributed by atoms with E-state index in [2.05, 4.69) is 73.9 Å². The molecule has 3 heterocycles. The van der Waals surface area contributed by atoms with Crippen LogP contribution in [0.3, 0.4) is 0 Å². The zero-order valence-electron chi connectivity index (χ0n) is 21.0. The first-order valence-electron chi connectivity index (χ1n) is 12.6. The van der Waals surface area contributed by atoms with E-state index < -0.39 is 0 Å². The molecule has 0 bridgehead atoms. The van der Waals surface area contributed by atoms with E-state index >= 15 is 0 Å². The number of aromatic nitrogens is 3. The maximum atomic E-state index is 9.18. The molecule has 8 heteroatoms. The van der Waals surface area contributed by atoms with Crippen LogP contribution < -0.4 is 10.2 Å². The molecule has 0 spiro atoms. The molecule has 0 saturated carbocycles. The Morgan fingerprint density at radius 1 is 0.947 bits per heavy atom. The van der Waals surface area contributed by atoms with Crippen LogP contribution in [0.2, 0.25) is 0 Å². The molecule has 5 aromatic rings. The molecule has 1 N–H and O–H groups in total. The molecular weight excluding hydrogens is 492 g/mol. The molecule has 1 aliphatic heterocycles. The Morgan fingerprint density at radius 2 is 1.74 bits per heavy atom. The second-order valence-electron chi connectivity index (χ2n) is 9.24. The second-order valence-corrected chi connectivity index (χ2v) is 10.4. The highest BCUT2D eigenvalue weighted by Crippen LogP contribution is 2.35. The molecule has 7 nitrogen and oxygen atoms in total. The SMILES string of the molecule is COC1CCN(c2nnc(Nc3ccc(Sc4ccnc5cc(C#N)ccc45)cc3)c3ccccc23)CC1. The van der Waals surface area contributed by atoms with Gasteiger partial charge in [-0.2, -0.15) is 5.26 Å². The van der Waals surface area contributed by atoms with Crippen molar-refractivity contribution in [3.8, 4) is 6.07 Å². The summed E-state index contributed by atoms with van der Waals surface area (Å²) in [6.07, 6.45) is 4.09. The topological polar surface area (TPSA) is 87.0 Å². The highest BCUT2D eigenvalue weighted by Gasteiger charge is 2.22. The smallest absolute Gasteiger partial charge is 0.161 e. The summed E-state index contributed by atoms with van der Waals surface area (Å²) >= 11 is 1.67. The fourth-order valence-electron chi connectivity index (χ4n) is 4.87. The lowest BCUT2D eigenvalue weighted by Gasteiger charge is -2.32. The van der Waals surface area contributed by atoms with Crippen LogP contribution in [0, 0.1) is 11.3 Å². The number of rotatable bonds is 6. The van der Waals surface area contributed by atoms with Crippen molar-refractivity contribution < 1.29 is 4.74 Å². The lowest BCUT2D eigenvalue weighted by Crippen LogP contribution is -2.37. The van der Waals surface area contributed by atoms with Crippen molar-refractivity contribution in [2.24, 2.45) is 0 Å². The number of nitrogens with zero attached hydrogens (tertiary/aromatic N) is 5. The first-order valence-corrected chi connectivity index (χ1v) is 13.4. The number of pyridine rings is 1. The molecule has 188 valence electrons. The van der Waals surface area contributed by atoms with E-state index in [0.29, 0.717) is 11.7 Å². The molecule has 6 rings (SSSR count). The number of hydrogen-bond acceptors (Lipinski definition) is 8. The van der Waals surface area contributed by atoms with E-state index in [9.17, 15) is 5.26 Å². The van der Waals surface area contributed by atoms with Gasteiger partial charge in [0.25, 0.3) is 0 Å². The highest BCUT2D eigenvalue weighted by molar-refractivity contribution is 7.99. The molecule has 0 aliphatic carbocycles. The summed E-state index contributed by atoms with van der Waals surface area (Å²) in [5.74, 6) is 1.67. The number of hydrogen-bond donors (Lipinski definition) is 1. The Hall–Kier alpha value is -4.19. The van der Waals surface area contributed by atoms with E-state index in [4.69, 9.17) is 4.74 Å². The number of fused-ring (bicyclic) bond motifs is 2. The number of anilines is 3. The van der Waals surface area contributed by atoms with Gasteiger partial charge in [-0.3, -0.25) is 4.98 Å². The van der Waals surface area contributed by atoms with E-state index in [-0.39, 0.29) is 0 Å². The van der Waals surface area contributed by atoms with Crippen LogP contribution in [0.25, 0.3) is 21.7 Å². The molecule has 0 radical (unpaired) electrons. The van der Waals surface area contributed by atoms with Crippen molar-refractivity contribution >= 4 is 50.8 Å². The van der Waals surface area contributed by atoms with Gasteiger partial charge >= 0.3 is 0 Å². The van der Waals surface area contributed by atoms with Crippen molar-refractivity contribution in [1.29, 1.82) is 5.26 Å². The molecule has 0 amide bonds. The van der Waals surface area contributed by atoms with Gasteiger partial charge in [-0.1, -0.05) is 42.1 Å². The van der Waals surface area contributed by atoms with Gasteiger partial charge in [-0.05, 0) is 55.3 Å². The molecular formula is C30H26N6OS. The van der Waals surface area contributed by atoms with Crippen LogP contribution in [0.15, 0.2) is 88.8 Å². The highest BCUT2D eigenvalue weighted by atomic mass is 32.2. The van der Waals surface area contributed by atoms with Crippen LogP contribution in [0.5, 0.6) is 0 Å². The largest absolute Gasteiger partial charge is 0.381 e. The molecule has 1 saturated heterocycles. The van der Waals surface area contributed by atoms with E-state index in [1.807, 2.05) is 30.3 Å². The van der Waals surface area contributed by atoms with Gasteiger partial charge in [0.15, 0.2) is 11.6 Å². The van der Waals surface area contributed by atoms with Crippen molar-refractivity contribution in [3.05, 3.63) is 84.6 Å². The van der Waals surface area contributed by atoms with Gasteiger partial charge in [-0.15, -0.1) is 10.2 Å². The third-order valence-electron chi connectivity index (χ3n) is 6.92. The number of benzene rings is 3. The molecule has 38 heavy (non-hydrogen) atoms. The molecule has 3 aromatic carbocycles. The molecule has 0 atom stereocenters. The summed E-state index contributed by atoms with van der Waals surface area (Å²) in [7, 11) is 1.79. The third-order valence-corrected chi connectivity index (χ3v) is 8.00. The lowest BCUT2D eigenvalue weighted by atomic mass is 10.1. The first kappa shape index (κ1) is 24.2. The van der Waals surface area contributed by atoms with Gasteiger partial charge in [0, 0.05) is 58.0 Å². The van der Waals surface area contributed by atoms with Crippen LogP contribution in [0.4, 0.5) is 17.3 Å². The fraction of sp³-hybridized carbons (Fsp3) is 0.200. The van der Waals surface area contributed by atoms with Crippen molar-refractivity contribution in [1.82, 2.24) is 15.2 Å². The average molecular weight is 519 g/mol. The normalized spacial score (nSPS) is 14.1. The zero-order valence-corrected chi connectivity index (χ0v) is 21.8. The van der Waals surface area contributed by atoms with E-state index in [1.54, 1.807) is 25.1 Å². The molecule has 0 unspecified atom stereocenters. The molecule has 1 aliphatic rings. The maximum Gasteiger partial charge on any atom is 0.161 e. The minimum atomic E-state index is 0.321. The average Bonchev–Trinajstić information content (AvgIpc) is 2.98. The maximum absolute atomic E-state index is 9.18. The summed E-state index contributed by atoms with van der Waals surface area (Å²) in [4.78, 5) is 8.94. The number of nitrogens with one attached hydrogen (secondary N) is 1. The fourth-order valence-corrected chi connectivity index (χ4v) is 5.81. The standard InChI is InChI=1S/C30H26N6OS/c1-37-22-13-16-36(17-14-22)30-25-5-3-2-4-24(25)29(34-35-30)33-21-7-9-23(10-8-21)38-28-12-15-32-27-18-20(19-31)6-11-26(27)28/h2-12,15,18,22H,13-14,16-17H2,1H3,(H,33,34). The third kappa shape index (κ3) is 4.86. The van der Waals surface area contributed by atoms with Crippen LogP contribution in [-0.2, 0) is 4.74 Å². The quantitative estimate of drug-likeness (QED) is 0.270. The van der Waals surface area contributed by atoms with E-state index in [0.717, 1.165) is 74.7 Å². The van der Waals surface area contributed by atoms with Gasteiger partial charge in [0.2, 0.25) is 0 Å². The number of methoxy groups -OCH3 is 1. The van der Waals surface area contributed by atoms with Gasteiger partial charge < -0.3 is 15.0 Å². The predicted molar refractivity (Wildman–Crippen MR) is 152 cm³/mol. The van der Waals surface area contributed by atoms with Gasteiger partial charge in [-0.25, -0.2) is 0 Å². The van der Waals surface area contributed by atoms with Crippen LogP contribution in [0.1, 0.15) is 18.4 Å². The second kappa shape index (κ2) is 10.7. The minimum Gasteiger partial charge on any atom is -0.381 e. The van der Waals surface area contributed by atoms with Crippen molar-refractivity contribution in [2.45, 2.75) is 28.7 Å². The summed E-state index contributed by atoms with van der Waals surface area (Å²) in [6, 6.07) is 26.4.